The average molecular weight is 197 g/mol. The molecule has 0 aromatic carbocycles. The van der Waals surface area contributed by atoms with Gasteiger partial charge in [-0.05, 0) is 12.5 Å². The minimum absolute atomic E-state index is 0.166. The molecule has 0 saturated carbocycles. The lowest BCUT2D eigenvalue weighted by Crippen LogP contribution is -2.24. The molecule has 2 N–H and O–H groups in total. The third kappa shape index (κ3) is 2.48. The van der Waals surface area contributed by atoms with Crippen LogP contribution in [0.3, 0.4) is 0 Å². The molecular weight excluding hydrogens is 181 g/mol. The predicted octanol–water partition coefficient (Wildman–Crippen LogP) is 1.72. The second kappa shape index (κ2) is 5.00. The minimum atomic E-state index is -1.07. The van der Waals surface area contributed by atoms with Crippen molar-refractivity contribution in [3.8, 4) is 0 Å². The summed E-state index contributed by atoms with van der Waals surface area (Å²) >= 11 is 0. The normalized spacial score (nSPS) is 15.5. The Labute approximate surface area is 83.6 Å². The van der Waals surface area contributed by atoms with Gasteiger partial charge < -0.3 is 5.73 Å². The van der Waals surface area contributed by atoms with E-state index in [-0.39, 0.29) is 11.8 Å². The first-order valence-corrected chi connectivity index (χ1v) is 4.75. The average Bonchev–Trinajstić information content (AvgIpc) is 2.19. The molecule has 0 aliphatic heterocycles. The Bertz CT molecular complexity index is 263. The van der Waals surface area contributed by atoms with Crippen LogP contribution in [0.5, 0.6) is 0 Å². The van der Waals surface area contributed by atoms with Crippen molar-refractivity contribution in [2.24, 2.45) is 17.6 Å². The number of rotatable bonds is 4. The van der Waals surface area contributed by atoms with E-state index in [1.807, 2.05) is 13.8 Å². The molecule has 2 unspecified atom stereocenters. The lowest BCUT2D eigenvalue weighted by Gasteiger charge is -2.22. The van der Waals surface area contributed by atoms with Crippen molar-refractivity contribution >= 4 is 0 Å². The summed E-state index contributed by atoms with van der Waals surface area (Å²) in [6.45, 7) is 4.27. The van der Waals surface area contributed by atoms with E-state index in [2.05, 4.69) is 9.97 Å². The van der Waals surface area contributed by atoms with E-state index in [4.69, 9.17) is 5.73 Å². The smallest absolute Gasteiger partial charge is 0.132 e. The van der Waals surface area contributed by atoms with Crippen LogP contribution >= 0.6 is 0 Å². The molecular formula is C10H16FN3. The SMILES string of the molecule is CC(C)C(CN)C(F)c1cncnc1. The maximum atomic E-state index is 13.9. The minimum Gasteiger partial charge on any atom is -0.330 e. The largest absolute Gasteiger partial charge is 0.330 e. The number of alkyl halides is 1. The lowest BCUT2D eigenvalue weighted by molar-refractivity contribution is 0.188. The second-order valence-corrected chi connectivity index (χ2v) is 3.72. The number of hydrogen-bond donors (Lipinski definition) is 1. The fraction of sp³-hybridized carbons (Fsp3) is 0.600. The van der Waals surface area contributed by atoms with Crippen LogP contribution in [0.2, 0.25) is 0 Å². The van der Waals surface area contributed by atoms with Gasteiger partial charge in [-0.1, -0.05) is 13.8 Å². The highest BCUT2D eigenvalue weighted by molar-refractivity contribution is 5.08. The fourth-order valence-corrected chi connectivity index (χ4v) is 1.43. The molecule has 0 amide bonds. The van der Waals surface area contributed by atoms with E-state index >= 15 is 0 Å². The predicted molar refractivity (Wildman–Crippen MR) is 53.3 cm³/mol. The molecule has 1 heterocycles. The number of halogens is 1. The quantitative estimate of drug-likeness (QED) is 0.799. The van der Waals surface area contributed by atoms with Gasteiger partial charge in [-0.25, -0.2) is 14.4 Å². The monoisotopic (exact) mass is 197 g/mol. The Morgan fingerprint density at radius 3 is 2.36 bits per heavy atom. The maximum Gasteiger partial charge on any atom is 0.132 e. The molecule has 3 nitrogen and oxygen atoms in total. The summed E-state index contributed by atoms with van der Waals surface area (Å²) in [5.74, 6) is 0.0520. The summed E-state index contributed by atoms with van der Waals surface area (Å²) in [6.07, 6.45) is 3.33. The molecule has 78 valence electrons. The van der Waals surface area contributed by atoms with Gasteiger partial charge >= 0.3 is 0 Å². The van der Waals surface area contributed by atoms with Crippen LogP contribution in [-0.2, 0) is 0 Å². The first-order valence-electron chi connectivity index (χ1n) is 4.75. The van der Waals surface area contributed by atoms with Crippen molar-refractivity contribution in [1.29, 1.82) is 0 Å². The molecule has 0 bridgehead atoms. The zero-order chi connectivity index (χ0) is 10.6. The van der Waals surface area contributed by atoms with Crippen molar-refractivity contribution in [3.05, 3.63) is 24.3 Å². The van der Waals surface area contributed by atoms with Crippen molar-refractivity contribution in [2.45, 2.75) is 20.0 Å². The fourth-order valence-electron chi connectivity index (χ4n) is 1.43. The molecule has 4 heteroatoms. The standard InChI is InChI=1S/C10H16FN3/c1-7(2)9(3-12)10(11)8-4-13-6-14-5-8/h4-7,9-10H,3,12H2,1-2H3. The van der Waals surface area contributed by atoms with E-state index < -0.39 is 6.17 Å². The number of nitrogens with zero attached hydrogens (tertiary/aromatic N) is 2. The van der Waals surface area contributed by atoms with E-state index in [1.54, 1.807) is 0 Å². The molecule has 0 aliphatic rings. The molecule has 0 fully saturated rings. The van der Waals surface area contributed by atoms with Crippen LogP contribution in [0.25, 0.3) is 0 Å². The summed E-state index contributed by atoms with van der Waals surface area (Å²) < 4.78 is 13.9. The highest BCUT2D eigenvalue weighted by Gasteiger charge is 2.24. The Hall–Kier alpha value is -1.03. The van der Waals surface area contributed by atoms with Crippen molar-refractivity contribution in [2.75, 3.05) is 6.54 Å². The second-order valence-electron chi connectivity index (χ2n) is 3.72. The summed E-state index contributed by atoms with van der Waals surface area (Å²) in [4.78, 5) is 7.58. The van der Waals surface area contributed by atoms with Gasteiger partial charge in [-0.3, -0.25) is 0 Å². The van der Waals surface area contributed by atoms with E-state index in [1.165, 1.54) is 18.7 Å². The Morgan fingerprint density at radius 1 is 1.36 bits per heavy atom. The highest BCUT2D eigenvalue weighted by atomic mass is 19.1. The van der Waals surface area contributed by atoms with Crippen LogP contribution in [0.4, 0.5) is 4.39 Å². The van der Waals surface area contributed by atoms with Gasteiger partial charge in [0.25, 0.3) is 0 Å². The van der Waals surface area contributed by atoms with E-state index in [9.17, 15) is 4.39 Å². The Balaban J connectivity index is 2.78. The molecule has 2 atom stereocenters. The van der Waals surface area contributed by atoms with Crippen molar-refractivity contribution in [1.82, 2.24) is 9.97 Å². The topological polar surface area (TPSA) is 51.8 Å². The maximum absolute atomic E-state index is 13.9. The first kappa shape index (κ1) is 11.0. The van der Waals surface area contributed by atoms with Gasteiger partial charge in [0, 0.05) is 23.9 Å². The summed E-state index contributed by atoms with van der Waals surface area (Å²) in [5.41, 5.74) is 6.04. The van der Waals surface area contributed by atoms with Crippen molar-refractivity contribution in [3.63, 3.8) is 0 Å². The van der Waals surface area contributed by atoms with Crippen LogP contribution in [0, 0.1) is 11.8 Å². The molecule has 0 saturated heterocycles. The first-order chi connectivity index (χ1) is 6.66. The number of aromatic nitrogens is 2. The van der Waals surface area contributed by atoms with Crippen LogP contribution in [0.15, 0.2) is 18.7 Å². The number of nitrogens with two attached hydrogens (primary N) is 1. The third-order valence-corrected chi connectivity index (χ3v) is 2.40. The summed E-state index contributed by atoms with van der Waals surface area (Å²) in [6, 6.07) is 0. The third-order valence-electron chi connectivity index (χ3n) is 2.40. The zero-order valence-corrected chi connectivity index (χ0v) is 8.52. The van der Waals surface area contributed by atoms with E-state index in [0.29, 0.717) is 12.1 Å². The van der Waals surface area contributed by atoms with Gasteiger partial charge in [0.15, 0.2) is 0 Å². The van der Waals surface area contributed by atoms with Crippen LogP contribution in [0.1, 0.15) is 25.6 Å². The van der Waals surface area contributed by atoms with Gasteiger partial charge in [0.1, 0.15) is 12.5 Å². The molecule has 1 rings (SSSR count). The molecule has 1 aromatic heterocycles. The molecule has 0 aliphatic carbocycles. The van der Waals surface area contributed by atoms with Gasteiger partial charge in [-0.2, -0.15) is 0 Å². The molecule has 0 spiro atoms. The lowest BCUT2D eigenvalue weighted by atomic mass is 9.88. The summed E-state index contributed by atoms with van der Waals surface area (Å²) in [7, 11) is 0. The Kier molecular flexibility index (Phi) is 3.95. The van der Waals surface area contributed by atoms with Gasteiger partial charge in [-0.15, -0.1) is 0 Å². The molecule has 0 radical (unpaired) electrons. The number of hydrogen-bond acceptors (Lipinski definition) is 3. The highest BCUT2D eigenvalue weighted by Crippen LogP contribution is 2.29. The van der Waals surface area contributed by atoms with Crippen LogP contribution < -0.4 is 5.73 Å². The van der Waals surface area contributed by atoms with Gasteiger partial charge in [0.05, 0.1) is 0 Å². The summed E-state index contributed by atoms with van der Waals surface area (Å²) in [5, 5.41) is 0. The van der Waals surface area contributed by atoms with E-state index in [0.717, 1.165) is 0 Å². The zero-order valence-electron chi connectivity index (χ0n) is 8.52. The van der Waals surface area contributed by atoms with Crippen LogP contribution in [-0.4, -0.2) is 16.5 Å². The van der Waals surface area contributed by atoms with Crippen molar-refractivity contribution < 1.29 is 4.39 Å². The molecule has 14 heavy (non-hydrogen) atoms. The van der Waals surface area contributed by atoms with Gasteiger partial charge in [0.2, 0.25) is 0 Å². The Morgan fingerprint density at radius 2 is 1.93 bits per heavy atom. The molecule has 1 aromatic rings.